The normalized spacial score (nSPS) is 20.2. The van der Waals surface area contributed by atoms with Gasteiger partial charge in [-0.2, -0.15) is 0 Å². The van der Waals surface area contributed by atoms with Gasteiger partial charge in [-0.15, -0.1) is 11.3 Å². The molecule has 120 valence electrons. The lowest BCUT2D eigenvalue weighted by Gasteiger charge is -2.26. The van der Waals surface area contributed by atoms with E-state index in [1.165, 1.54) is 0 Å². The number of hydrogen-bond acceptors (Lipinski definition) is 3. The second kappa shape index (κ2) is 6.51. The fourth-order valence-corrected chi connectivity index (χ4v) is 4.53. The van der Waals surface area contributed by atoms with Crippen molar-refractivity contribution in [2.45, 2.75) is 12.1 Å². The third-order valence-corrected chi connectivity index (χ3v) is 5.63. The smallest absolute Gasteiger partial charge is 0.174 e. The van der Waals surface area contributed by atoms with Crippen LogP contribution >= 0.6 is 35.2 Å². The van der Waals surface area contributed by atoms with Crippen LogP contribution in [0.15, 0.2) is 66.9 Å². The highest BCUT2D eigenvalue weighted by atomic mass is 35.5. The molecular formula is C18H14ClN3S2. The first-order valence-corrected chi connectivity index (χ1v) is 9.15. The molecule has 0 radical (unpaired) electrons. The van der Waals surface area contributed by atoms with Crippen molar-refractivity contribution < 1.29 is 0 Å². The van der Waals surface area contributed by atoms with Gasteiger partial charge < -0.3 is 10.2 Å². The van der Waals surface area contributed by atoms with E-state index in [1.54, 1.807) is 11.3 Å². The quantitative estimate of drug-likeness (QED) is 0.657. The Morgan fingerprint density at radius 1 is 1.04 bits per heavy atom. The molecule has 3 nitrogen and oxygen atoms in total. The Hall–Kier alpha value is -1.95. The van der Waals surface area contributed by atoms with Crippen LogP contribution in [0, 0.1) is 0 Å². The van der Waals surface area contributed by atoms with Crippen molar-refractivity contribution in [2.24, 2.45) is 0 Å². The maximum absolute atomic E-state index is 6.19. The van der Waals surface area contributed by atoms with Crippen molar-refractivity contribution in [3.63, 3.8) is 0 Å². The maximum Gasteiger partial charge on any atom is 0.174 e. The van der Waals surface area contributed by atoms with Crippen molar-refractivity contribution in [3.8, 4) is 0 Å². The van der Waals surface area contributed by atoms with Crippen LogP contribution in [-0.4, -0.2) is 10.1 Å². The van der Waals surface area contributed by atoms with E-state index in [2.05, 4.69) is 33.4 Å². The van der Waals surface area contributed by atoms with Gasteiger partial charge in [-0.3, -0.25) is 4.98 Å². The van der Waals surface area contributed by atoms with Gasteiger partial charge in [0.15, 0.2) is 5.11 Å². The number of thiocarbonyl (C=S) groups is 1. The van der Waals surface area contributed by atoms with Crippen LogP contribution in [0.1, 0.15) is 22.7 Å². The number of nitrogens with one attached hydrogen (secondary N) is 1. The fraction of sp³-hybridized carbons (Fsp3) is 0.111. The van der Waals surface area contributed by atoms with Gasteiger partial charge in [0.1, 0.15) is 0 Å². The number of para-hydroxylation sites is 1. The Morgan fingerprint density at radius 3 is 2.50 bits per heavy atom. The Balaban J connectivity index is 1.82. The zero-order valence-corrected chi connectivity index (χ0v) is 15.0. The molecule has 1 aliphatic heterocycles. The van der Waals surface area contributed by atoms with Gasteiger partial charge in [0.05, 0.1) is 22.1 Å². The van der Waals surface area contributed by atoms with Crippen LogP contribution < -0.4 is 10.2 Å². The molecule has 1 aromatic carbocycles. The largest absolute Gasteiger partial charge is 0.351 e. The molecule has 1 N–H and O–H groups in total. The third-order valence-electron chi connectivity index (χ3n) is 4.02. The first-order chi connectivity index (χ1) is 11.7. The molecule has 0 saturated carbocycles. The van der Waals surface area contributed by atoms with Crippen molar-refractivity contribution in [1.82, 2.24) is 10.3 Å². The summed E-state index contributed by atoms with van der Waals surface area (Å²) < 4.78 is 0.774. The highest BCUT2D eigenvalue weighted by molar-refractivity contribution is 7.80. The molecule has 1 saturated heterocycles. The molecule has 2 aromatic heterocycles. The van der Waals surface area contributed by atoms with Crippen LogP contribution in [0.5, 0.6) is 0 Å². The monoisotopic (exact) mass is 371 g/mol. The highest BCUT2D eigenvalue weighted by Crippen LogP contribution is 2.44. The summed E-state index contributed by atoms with van der Waals surface area (Å²) >= 11 is 13.4. The second-order valence-electron chi connectivity index (χ2n) is 5.47. The first kappa shape index (κ1) is 15.6. The van der Waals surface area contributed by atoms with E-state index < -0.39 is 0 Å². The Labute approximate surface area is 154 Å². The van der Waals surface area contributed by atoms with E-state index in [4.69, 9.17) is 23.8 Å². The molecule has 2 atom stereocenters. The molecule has 1 fully saturated rings. The number of nitrogens with zero attached hydrogens (tertiary/aromatic N) is 2. The van der Waals surface area contributed by atoms with Crippen molar-refractivity contribution in [2.75, 3.05) is 4.90 Å². The van der Waals surface area contributed by atoms with E-state index in [9.17, 15) is 0 Å². The number of aromatic nitrogens is 1. The minimum Gasteiger partial charge on any atom is -0.351 e. The summed E-state index contributed by atoms with van der Waals surface area (Å²) in [6, 6.07) is 20.1. The number of pyridine rings is 1. The lowest BCUT2D eigenvalue weighted by atomic mass is 10.0. The van der Waals surface area contributed by atoms with Gasteiger partial charge >= 0.3 is 0 Å². The number of anilines is 1. The second-order valence-corrected chi connectivity index (χ2v) is 7.61. The SMILES string of the molecule is S=C1N[C@H](c2ccccn2)[C@H](c2ccc(Cl)s2)N1c1ccccc1. The predicted octanol–water partition coefficient (Wildman–Crippen LogP) is 4.97. The highest BCUT2D eigenvalue weighted by Gasteiger charge is 2.41. The third kappa shape index (κ3) is 2.79. The zero-order chi connectivity index (χ0) is 16.5. The molecule has 1 aliphatic rings. The molecule has 0 spiro atoms. The van der Waals surface area contributed by atoms with Crippen molar-refractivity contribution >= 4 is 46.0 Å². The topological polar surface area (TPSA) is 28.2 Å². The van der Waals surface area contributed by atoms with Crippen LogP contribution in [0.2, 0.25) is 4.34 Å². The molecule has 3 heterocycles. The Kier molecular flexibility index (Phi) is 4.22. The Morgan fingerprint density at radius 2 is 1.83 bits per heavy atom. The van der Waals surface area contributed by atoms with E-state index in [0.717, 1.165) is 20.6 Å². The van der Waals surface area contributed by atoms with E-state index in [1.807, 2.05) is 48.7 Å². The summed E-state index contributed by atoms with van der Waals surface area (Å²) in [6.07, 6.45) is 1.81. The maximum atomic E-state index is 6.19. The van der Waals surface area contributed by atoms with Gasteiger partial charge in [0.25, 0.3) is 0 Å². The van der Waals surface area contributed by atoms with Crippen LogP contribution in [-0.2, 0) is 0 Å². The summed E-state index contributed by atoms with van der Waals surface area (Å²) in [5.41, 5.74) is 2.02. The fourth-order valence-electron chi connectivity index (χ4n) is 3.00. The molecule has 0 bridgehead atoms. The molecule has 4 rings (SSSR count). The van der Waals surface area contributed by atoms with Gasteiger partial charge in [0.2, 0.25) is 0 Å². The van der Waals surface area contributed by atoms with Gasteiger partial charge in [-0.05, 0) is 48.6 Å². The summed E-state index contributed by atoms with van der Waals surface area (Å²) in [7, 11) is 0. The van der Waals surface area contributed by atoms with Crippen molar-refractivity contribution in [1.29, 1.82) is 0 Å². The minimum absolute atomic E-state index is 0.0198. The Bertz CT molecular complexity index is 851. The summed E-state index contributed by atoms with van der Waals surface area (Å²) in [5.74, 6) is 0. The number of hydrogen-bond donors (Lipinski definition) is 1. The summed E-state index contributed by atoms with van der Waals surface area (Å²) in [6.45, 7) is 0. The summed E-state index contributed by atoms with van der Waals surface area (Å²) in [4.78, 5) is 7.84. The minimum atomic E-state index is -0.0198. The van der Waals surface area contributed by atoms with Crippen LogP contribution in [0.25, 0.3) is 0 Å². The van der Waals surface area contributed by atoms with E-state index >= 15 is 0 Å². The van der Waals surface area contributed by atoms with Crippen LogP contribution in [0.4, 0.5) is 5.69 Å². The van der Waals surface area contributed by atoms with Gasteiger partial charge in [-0.25, -0.2) is 0 Å². The molecule has 0 aliphatic carbocycles. The summed E-state index contributed by atoms with van der Waals surface area (Å²) in [5, 5.41) is 4.14. The predicted molar refractivity (Wildman–Crippen MR) is 104 cm³/mol. The first-order valence-electron chi connectivity index (χ1n) is 7.55. The lowest BCUT2D eigenvalue weighted by Crippen LogP contribution is -2.28. The van der Waals surface area contributed by atoms with Gasteiger partial charge in [0, 0.05) is 16.8 Å². The van der Waals surface area contributed by atoms with Crippen molar-refractivity contribution in [3.05, 3.63) is 81.8 Å². The molecule has 3 aromatic rings. The van der Waals surface area contributed by atoms with Gasteiger partial charge in [-0.1, -0.05) is 35.9 Å². The lowest BCUT2D eigenvalue weighted by molar-refractivity contribution is 0.575. The zero-order valence-electron chi connectivity index (χ0n) is 12.6. The van der Waals surface area contributed by atoms with Crippen LogP contribution in [0.3, 0.4) is 0 Å². The average Bonchev–Trinajstić information content (AvgIpc) is 3.19. The van der Waals surface area contributed by atoms with E-state index in [0.29, 0.717) is 5.11 Å². The molecule has 6 heteroatoms. The average molecular weight is 372 g/mol. The standard InChI is InChI=1S/C18H14ClN3S2/c19-15-10-9-14(24-15)17-16(13-8-4-5-11-20-13)21-18(23)22(17)12-6-2-1-3-7-12/h1-11,16-17H,(H,21,23)/t16-,17+/m1/s1. The van der Waals surface area contributed by atoms with E-state index in [-0.39, 0.29) is 12.1 Å². The molecule has 24 heavy (non-hydrogen) atoms. The molecule has 0 unspecified atom stereocenters. The number of rotatable bonds is 3. The number of halogens is 1. The number of thiophene rings is 1. The molecule has 0 amide bonds. The number of benzene rings is 1. The molecular weight excluding hydrogens is 358 g/mol.